The van der Waals surface area contributed by atoms with Crippen LogP contribution in [0.3, 0.4) is 0 Å². The topological polar surface area (TPSA) is 71.4 Å². The van der Waals surface area contributed by atoms with E-state index in [2.05, 4.69) is 0 Å². The van der Waals surface area contributed by atoms with Gasteiger partial charge in [-0.15, -0.1) is 0 Å². The van der Waals surface area contributed by atoms with E-state index in [1.54, 1.807) is 0 Å². The zero-order chi connectivity index (χ0) is 10.9. The molecular weight excluding hydrogens is 211 g/mol. The van der Waals surface area contributed by atoms with Gasteiger partial charge in [0.2, 0.25) is 0 Å². The van der Waals surface area contributed by atoms with Crippen molar-refractivity contribution < 1.29 is 22.7 Å². The van der Waals surface area contributed by atoms with Crippen LogP contribution < -0.4 is 0 Å². The molecule has 0 aromatic heterocycles. The highest BCUT2D eigenvalue weighted by Crippen LogP contribution is 2.15. The SMILES string of the molecule is Cc1cc(S(=O)(=O)C(=O)O)ccc1F. The average Bonchev–Trinajstić information content (AvgIpc) is 2.09. The Kier molecular flexibility index (Phi) is 2.57. The maximum atomic E-state index is 12.7. The van der Waals surface area contributed by atoms with Gasteiger partial charge in [-0.3, -0.25) is 0 Å². The number of rotatable bonds is 1. The Morgan fingerprint density at radius 3 is 2.43 bits per heavy atom. The monoisotopic (exact) mass is 218 g/mol. The summed E-state index contributed by atoms with van der Waals surface area (Å²) >= 11 is 0. The van der Waals surface area contributed by atoms with Gasteiger partial charge in [-0.2, -0.15) is 0 Å². The summed E-state index contributed by atoms with van der Waals surface area (Å²) in [6.07, 6.45) is 0. The number of benzene rings is 1. The largest absolute Gasteiger partial charge is 0.469 e. The lowest BCUT2D eigenvalue weighted by Crippen LogP contribution is -2.12. The predicted molar refractivity (Wildman–Crippen MR) is 46.3 cm³/mol. The van der Waals surface area contributed by atoms with Gasteiger partial charge in [0.15, 0.2) is 0 Å². The van der Waals surface area contributed by atoms with Gasteiger partial charge in [0, 0.05) is 0 Å². The van der Waals surface area contributed by atoms with E-state index < -0.39 is 25.9 Å². The van der Waals surface area contributed by atoms with Crippen molar-refractivity contribution in [1.29, 1.82) is 0 Å². The second kappa shape index (κ2) is 3.38. The minimum absolute atomic E-state index is 0.0901. The van der Waals surface area contributed by atoms with Crippen LogP contribution in [0.5, 0.6) is 0 Å². The molecule has 14 heavy (non-hydrogen) atoms. The van der Waals surface area contributed by atoms with E-state index in [1.165, 1.54) is 6.92 Å². The highest BCUT2D eigenvalue weighted by Gasteiger charge is 2.24. The maximum Gasteiger partial charge on any atom is 0.427 e. The van der Waals surface area contributed by atoms with Gasteiger partial charge >= 0.3 is 5.30 Å². The fourth-order valence-corrected chi connectivity index (χ4v) is 1.67. The highest BCUT2D eigenvalue weighted by molar-refractivity contribution is 8.05. The standard InChI is InChI=1S/C8H7FO4S/c1-5-4-6(2-3-7(5)9)14(12,13)8(10)11/h2-4H,1H3,(H,10,11). The number of halogens is 1. The molecule has 0 atom stereocenters. The Hall–Kier alpha value is -1.43. The number of hydrogen-bond acceptors (Lipinski definition) is 3. The molecule has 0 aliphatic rings. The van der Waals surface area contributed by atoms with E-state index in [0.717, 1.165) is 18.2 Å². The van der Waals surface area contributed by atoms with Crippen molar-refractivity contribution in [2.75, 3.05) is 0 Å². The molecule has 0 aliphatic heterocycles. The van der Waals surface area contributed by atoms with Crippen LogP contribution in [0.25, 0.3) is 0 Å². The molecule has 1 rings (SSSR count). The summed E-state index contributed by atoms with van der Waals surface area (Å²) in [7, 11) is -4.37. The summed E-state index contributed by atoms with van der Waals surface area (Å²) in [4.78, 5) is 9.92. The quantitative estimate of drug-likeness (QED) is 0.726. The minimum Gasteiger partial charge on any atom is -0.469 e. The number of hydrogen-bond donors (Lipinski definition) is 1. The van der Waals surface area contributed by atoms with Gasteiger partial charge in [0.25, 0.3) is 9.84 Å². The molecule has 0 unspecified atom stereocenters. The van der Waals surface area contributed by atoms with Crippen molar-refractivity contribution >= 4 is 15.1 Å². The van der Waals surface area contributed by atoms with Crippen LogP contribution in [-0.2, 0) is 9.84 Å². The second-order valence-corrected chi connectivity index (χ2v) is 4.51. The summed E-state index contributed by atoms with van der Waals surface area (Å²) < 4.78 is 34.9. The van der Waals surface area contributed by atoms with E-state index in [4.69, 9.17) is 5.11 Å². The molecule has 0 radical (unpaired) electrons. The Labute approximate surface area is 79.9 Å². The van der Waals surface area contributed by atoms with Gasteiger partial charge in [-0.05, 0) is 30.7 Å². The van der Waals surface area contributed by atoms with Crippen LogP contribution in [0.2, 0.25) is 0 Å². The van der Waals surface area contributed by atoms with Crippen molar-refractivity contribution in [1.82, 2.24) is 0 Å². The van der Waals surface area contributed by atoms with E-state index in [0.29, 0.717) is 0 Å². The first-order valence-electron chi connectivity index (χ1n) is 3.60. The van der Waals surface area contributed by atoms with E-state index in [9.17, 15) is 17.6 Å². The van der Waals surface area contributed by atoms with Crippen LogP contribution >= 0.6 is 0 Å². The average molecular weight is 218 g/mol. The molecule has 76 valence electrons. The molecule has 0 saturated heterocycles. The fraction of sp³-hybridized carbons (Fsp3) is 0.125. The smallest absolute Gasteiger partial charge is 0.427 e. The molecule has 0 amide bonds. The predicted octanol–water partition coefficient (Wildman–Crippen LogP) is 1.59. The maximum absolute atomic E-state index is 12.7. The van der Waals surface area contributed by atoms with Gasteiger partial charge < -0.3 is 5.11 Å². The molecule has 0 saturated carbocycles. The number of carbonyl (C=O) groups is 1. The van der Waals surface area contributed by atoms with Crippen LogP contribution in [0.15, 0.2) is 23.1 Å². The van der Waals surface area contributed by atoms with Crippen molar-refractivity contribution in [2.45, 2.75) is 11.8 Å². The Morgan fingerprint density at radius 1 is 1.43 bits per heavy atom. The summed E-state index contributed by atoms with van der Waals surface area (Å²) in [6.45, 7) is 1.36. The molecule has 1 aromatic rings. The van der Waals surface area contributed by atoms with Gasteiger partial charge in [-0.1, -0.05) is 0 Å². The summed E-state index contributed by atoms with van der Waals surface area (Å²) in [6, 6.07) is 2.83. The molecule has 0 bridgehead atoms. The van der Waals surface area contributed by atoms with Crippen LogP contribution in [-0.4, -0.2) is 18.8 Å². The van der Waals surface area contributed by atoms with E-state index in [-0.39, 0.29) is 5.56 Å². The summed E-state index contributed by atoms with van der Waals surface area (Å²) in [5, 5.41) is 6.43. The minimum atomic E-state index is -4.37. The third kappa shape index (κ3) is 1.74. The zero-order valence-electron chi connectivity index (χ0n) is 7.19. The molecular formula is C8H7FO4S. The molecule has 1 N–H and O–H groups in total. The molecule has 6 heteroatoms. The number of sulfone groups is 1. The lowest BCUT2D eigenvalue weighted by Gasteiger charge is -2.00. The van der Waals surface area contributed by atoms with E-state index in [1.807, 2.05) is 0 Å². The number of carboxylic acid groups (broad SMARTS) is 1. The Bertz CT molecular complexity index is 478. The van der Waals surface area contributed by atoms with Crippen molar-refractivity contribution in [2.24, 2.45) is 0 Å². The fourth-order valence-electron chi connectivity index (χ4n) is 0.885. The molecule has 0 heterocycles. The van der Waals surface area contributed by atoms with Gasteiger partial charge in [0.05, 0.1) is 4.90 Å². The summed E-state index contributed by atoms with van der Waals surface area (Å²) in [5.41, 5.74) is 0.0901. The van der Waals surface area contributed by atoms with E-state index >= 15 is 0 Å². The molecule has 0 aliphatic carbocycles. The van der Waals surface area contributed by atoms with Gasteiger partial charge in [0.1, 0.15) is 5.82 Å². The second-order valence-electron chi connectivity index (χ2n) is 2.68. The first-order valence-corrected chi connectivity index (χ1v) is 5.08. The normalized spacial score (nSPS) is 11.3. The third-order valence-electron chi connectivity index (χ3n) is 1.67. The van der Waals surface area contributed by atoms with Crippen LogP contribution in [0.1, 0.15) is 5.56 Å². The zero-order valence-corrected chi connectivity index (χ0v) is 8.01. The first kappa shape index (κ1) is 10.6. The lowest BCUT2D eigenvalue weighted by molar-refractivity contribution is 0.219. The van der Waals surface area contributed by atoms with Crippen LogP contribution in [0, 0.1) is 12.7 Å². The molecule has 0 fully saturated rings. The summed E-state index contributed by atoms with van der Waals surface area (Å²) in [5.74, 6) is -0.575. The Morgan fingerprint density at radius 2 is 2.00 bits per heavy atom. The number of aryl methyl sites for hydroxylation is 1. The lowest BCUT2D eigenvalue weighted by atomic mass is 10.2. The third-order valence-corrected chi connectivity index (χ3v) is 3.00. The van der Waals surface area contributed by atoms with Crippen molar-refractivity contribution in [3.05, 3.63) is 29.6 Å². The highest BCUT2D eigenvalue weighted by atomic mass is 32.2. The van der Waals surface area contributed by atoms with Gasteiger partial charge in [-0.25, -0.2) is 17.6 Å². The molecule has 4 nitrogen and oxygen atoms in total. The Balaban J connectivity index is 3.36. The van der Waals surface area contributed by atoms with Crippen LogP contribution in [0.4, 0.5) is 9.18 Å². The first-order chi connectivity index (χ1) is 6.35. The van der Waals surface area contributed by atoms with Crippen molar-refractivity contribution in [3.63, 3.8) is 0 Å². The van der Waals surface area contributed by atoms with Crippen molar-refractivity contribution in [3.8, 4) is 0 Å². The molecule has 1 aromatic carbocycles. The molecule has 0 spiro atoms.